The van der Waals surface area contributed by atoms with Crippen LogP contribution in [0.5, 0.6) is 5.75 Å². The smallest absolute Gasteiger partial charge is 0.120 e. The highest BCUT2D eigenvalue weighted by molar-refractivity contribution is 5.87. The number of fused-ring (bicyclic) bond motifs is 1. The Morgan fingerprint density at radius 3 is 2.71 bits per heavy atom. The second kappa shape index (κ2) is 6.95. The van der Waals surface area contributed by atoms with Gasteiger partial charge in [-0.3, -0.25) is 0 Å². The average Bonchev–Trinajstić information content (AvgIpc) is 2.54. The van der Waals surface area contributed by atoms with Crippen molar-refractivity contribution < 1.29 is 4.74 Å². The lowest BCUT2D eigenvalue weighted by Crippen LogP contribution is -2.19. The monoisotopic (exact) mass is 283 g/mol. The third-order valence-electron chi connectivity index (χ3n) is 4.45. The minimum atomic E-state index is 0.410. The van der Waals surface area contributed by atoms with Crippen LogP contribution in [-0.2, 0) is 6.42 Å². The van der Waals surface area contributed by atoms with Crippen LogP contribution in [0, 0.1) is 0 Å². The zero-order valence-electron chi connectivity index (χ0n) is 12.7. The van der Waals surface area contributed by atoms with Gasteiger partial charge in [-0.05, 0) is 73.5 Å². The van der Waals surface area contributed by atoms with Crippen LogP contribution >= 0.6 is 0 Å². The van der Waals surface area contributed by atoms with Crippen LogP contribution in [0.1, 0.15) is 44.1 Å². The zero-order valence-corrected chi connectivity index (χ0v) is 12.7. The summed E-state index contributed by atoms with van der Waals surface area (Å²) < 4.78 is 6.20. The van der Waals surface area contributed by atoms with Gasteiger partial charge in [0, 0.05) is 0 Å². The fraction of sp³-hybridized carbons (Fsp3) is 0.474. The van der Waals surface area contributed by atoms with E-state index in [0.717, 1.165) is 25.1 Å². The molecule has 0 bridgehead atoms. The lowest BCUT2D eigenvalue weighted by Gasteiger charge is -2.23. The molecule has 0 saturated heterocycles. The average molecular weight is 283 g/mol. The summed E-state index contributed by atoms with van der Waals surface area (Å²) >= 11 is 0. The van der Waals surface area contributed by atoms with Gasteiger partial charge < -0.3 is 10.5 Å². The van der Waals surface area contributed by atoms with Gasteiger partial charge in [0.05, 0.1) is 6.10 Å². The first kappa shape index (κ1) is 14.4. The molecule has 1 saturated carbocycles. The topological polar surface area (TPSA) is 35.2 Å². The van der Waals surface area contributed by atoms with E-state index >= 15 is 0 Å². The van der Waals surface area contributed by atoms with Crippen LogP contribution in [0.3, 0.4) is 0 Å². The Labute approximate surface area is 127 Å². The molecule has 3 rings (SSSR count). The molecule has 0 aromatic heterocycles. The fourth-order valence-electron chi connectivity index (χ4n) is 3.28. The molecule has 0 aliphatic heterocycles. The Morgan fingerprint density at radius 2 is 1.90 bits per heavy atom. The summed E-state index contributed by atoms with van der Waals surface area (Å²) in [6, 6.07) is 13.0. The number of hydrogen-bond acceptors (Lipinski definition) is 2. The van der Waals surface area contributed by atoms with Crippen LogP contribution in [-0.4, -0.2) is 12.6 Å². The second-order valence-electron chi connectivity index (χ2n) is 6.07. The Kier molecular flexibility index (Phi) is 4.76. The van der Waals surface area contributed by atoms with Gasteiger partial charge in [0.1, 0.15) is 5.75 Å². The molecule has 2 N–H and O–H groups in total. The summed E-state index contributed by atoms with van der Waals surface area (Å²) in [6.07, 6.45) is 8.86. The first-order chi connectivity index (χ1) is 10.4. The standard InChI is InChI=1S/C19H25NO/c20-13-5-8-15-6-4-7-16-11-12-18(14-19(15)16)21-17-9-2-1-3-10-17/h4,6-7,11-12,14,17H,1-3,5,8-10,13,20H2. The molecule has 112 valence electrons. The summed E-state index contributed by atoms with van der Waals surface area (Å²) in [7, 11) is 0. The van der Waals surface area contributed by atoms with Crippen LogP contribution < -0.4 is 10.5 Å². The van der Waals surface area contributed by atoms with Crippen LogP contribution in [0.25, 0.3) is 10.8 Å². The molecule has 2 nitrogen and oxygen atoms in total. The molecule has 1 aliphatic rings. The zero-order chi connectivity index (χ0) is 14.5. The van der Waals surface area contributed by atoms with Gasteiger partial charge >= 0.3 is 0 Å². The predicted molar refractivity (Wildman–Crippen MR) is 88.8 cm³/mol. The van der Waals surface area contributed by atoms with E-state index in [9.17, 15) is 0 Å². The summed E-state index contributed by atoms with van der Waals surface area (Å²) in [5.74, 6) is 1.02. The normalized spacial score (nSPS) is 16.2. The van der Waals surface area contributed by atoms with E-state index in [-0.39, 0.29) is 0 Å². The third kappa shape index (κ3) is 3.56. The third-order valence-corrected chi connectivity index (χ3v) is 4.45. The number of benzene rings is 2. The van der Waals surface area contributed by atoms with E-state index in [1.807, 2.05) is 0 Å². The van der Waals surface area contributed by atoms with Crippen LogP contribution in [0.2, 0.25) is 0 Å². The molecule has 0 spiro atoms. The van der Waals surface area contributed by atoms with Gasteiger partial charge in [0.15, 0.2) is 0 Å². The minimum Gasteiger partial charge on any atom is -0.490 e. The van der Waals surface area contributed by atoms with Crippen LogP contribution in [0.4, 0.5) is 0 Å². The number of aryl methyl sites for hydroxylation is 1. The number of hydrogen-bond donors (Lipinski definition) is 1. The van der Waals surface area contributed by atoms with Gasteiger partial charge in [-0.25, -0.2) is 0 Å². The minimum absolute atomic E-state index is 0.410. The first-order valence-corrected chi connectivity index (χ1v) is 8.25. The SMILES string of the molecule is NCCCc1cccc2ccc(OC3CCCCC3)cc12. The van der Waals surface area contributed by atoms with Gasteiger partial charge in [0.2, 0.25) is 0 Å². The molecule has 1 fully saturated rings. The molecule has 21 heavy (non-hydrogen) atoms. The van der Waals surface area contributed by atoms with Gasteiger partial charge in [-0.2, -0.15) is 0 Å². The van der Waals surface area contributed by atoms with Gasteiger partial charge in [-0.15, -0.1) is 0 Å². The second-order valence-corrected chi connectivity index (χ2v) is 6.07. The first-order valence-electron chi connectivity index (χ1n) is 8.25. The predicted octanol–water partition coefficient (Wildman–Crippen LogP) is 4.44. The Morgan fingerprint density at radius 1 is 1.05 bits per heavy atom. The molecule has 0 radical (unpaired) electrons. The molecule has 0 amide bonds. The Hall–Kier alpha value is -1.54. The summed E-state index contributed by atoms with van der Waals surface area (Å²) in [4.78, 5) is 0. The largest absolute Gasteiger partial charge is 0.490 e. The molecule has 0 atom stereocenters. The maximum atomic E-state index is 6.20. The van der Waals surface area contributed by atoms with Crippen molar-refractivity contribution in [1.29, 1.82) is 0 Å². The molecule has 1 aliphatic carbocycles. The van der Waals surface area contributed by atoms with Crippen molar-refractivity contribution in [3.8, 4) is 5.75 Å². The molecule has 0 unspecified atom stereocenters. The van der Waals surface area contributed by atoms with Crippen molar-refractivity contribution in [2.24, 2.45) is 5.73 Å². The number of rotatable bonds is 5. The molecular weight excluding hydrogens is 258 g/mol. The van der Waals surface area contributed by atoms with Crippen molar-refractivity contribution in [2.75, 3.05) is 6.54 Å². The van der Waals surface area contributed by atoms with Crippen molar-refractivity contribution >= 4 is 10.8 Å². The Balaban J connectivity index is 1.83. The summed E-state index contributed by atoms with van der Waals surface area (Å²) in [5, 5.41) is 2.61. The highest BCUT2D eigenvalue weighted by Gasteiger charge is 2.15. The maximum Gasteiger partial charge on any atom is 0.120 e. The highest BCUT2D eigenvalue weighted by Crippen LogP contribution is 2.28. The molecule has 2 aromatic carbocycles. The maximum absolute atomic E-state index is 6.20. The van der Waals surface area contributed by atoms with Crippen molar-refractivity contribution in [2.45, 2.75) is 51.0 Å². The Bertz CT molecular complexity index is 587. The van der Waals surface area contributed by atoms with E-state index in [1.54, 1.807) is 0 Å². The fourth-order valence-corrected chi connectivity index (χ4v) is 3.28. The van der Waals surface area contributed by atoms with Gasteiger partial charge in [0.25, 0.3) is 0 Å². The van der Waals surface area contributed by atoms with E-state index < -0.39 is 0 Å². The lowest BCUT2D eigenvalue weighted by atomic mass is 9.97. The molecule has 2 heteroatoms. The van der Waals surface area contributed by atoms with Gasteiger partial charge in [-0.1, -0.05) is 30.7 Å². The summed E-state index contributed by atoms with van der Waals surface area (Å²) in [6.45, 7) is 0.745. The van der Waals surface area contributed by atoms with E-state index in [4.69, 9.17) is 10.5 Å². The molecule has 0 heterocycles. The van der Waals surface area contributed by atoms with Crippen molar-refractivity contribution in [3.05, 3.63) is 42.0 Å². The van der Waals surface area contributed by atoms with Crippen molar-refractivity contribution in [1.82, 2.24) is 0 Å². The molecular formula is C19H25NO. The highest BCUT2D eigenvalue weighted by atomic mass is 16.5. The molecule has 2 aromatic rings. The van der Waals surface area contributed by atoms with Crippen LogP contribution in [0.15, 0.2) is 36.4 Å². The van der Waals surface area contributed by atoms with E-state index in [2.05, 4.69) is 36.4 Å². The quantitative estimate of drug-likeness (QED) is 0.880. The lowest BCUT2D eigenvalue weighted by molar-refractivity contribution is 0.155. The number of nitrogens with two attached hydrogens (primary N) is 1. The van der Waals surface area contributed by atoms with E-state index in [0.29, 0.717) is 6.10 Å². The van der Waals surface area contributed by atoms with E-state index in [1.165, 1.54) is 48.4 Å². The summed E-state index contributed by atoms with van der Waals surface area (Å²) in [5.41, 5.74) is 7.03. The number of ether oxygens (including phenoxy) is 1. The van der Waals surface area contributed by atoms with Crippen molar-refractivity contribution in [3.63, 3.8) is 0 Å².